The molecule has 0 spiro atoms. The summed E-state index contributed by atoms with van der Waals surface area (Å²) in [5.74, 6) is 0. The van der Waals surface area contributed by atoms with E-state index in [1.54, 1.807) is 0 Å². The maximum absolute atomic E-state index is 9.98. The number of nitroso groups, excluding NO2 is 1. The van der Waals surface area contributed by atoms with Crippen LogP contribution in [0.25, 0.3) is 10.9 Å². The third-order valence-electron chi connectivity index (χ3n) is 2.15. The molecule has 66 valence electrons. The molecule has 0 fully saturated rings. The first kappa shape index (κ1) is 7.98. The summed E-state index contributed by atoms with van der Waals surface area (Å²) in [7, 11) is 0. The highest BCUT2D eigenvalue weighted by Crippen LogP contribution is 2.17. The number of aromatic amines is 1. The first-order chi connectivity index (χ1) is 6.42. The molecule has 1 aromatic heterocycles. The van der Waals surface area contributed by atoms with Crippen molar-refractivity contribution in [3.8, 4) is 0 Å². The minimum absolute atomic E-state index is 0.349. The summed E-state index contributed by atoms with van der Waals surface area (Å²) >= 11 is 0. The molecule has 3 heteroatoms. The van der Waals surface area contributed by atoms with Crippen LogP contribution < -0.4 is 0 Å². The van der Waals surface area contributed by atoms with Crippen LogP contribution in [0.3, 0.4) is 0 Å². The Kier molecular flexibility index (Phi) is 2.08. The molecule has 0 saturated carbocycles. The van der Waals surface area contributed by atoms with Crippen LogP contribution in [0.5, 0.6) is 0 Å². The predicted octanol–water partition coefficient (Wildman–Crippen LogP) is 2.48. The summed E-state index contributed by atoms with van der Waals surface area (Å²) in [5, 5.41) is 4.04. The Morgan fingerprint density at radius 3 is 3.00 bits per heavy atom. The van der Waals surface area contributed by atoms with Gasteiger partial charge in [-0.2, -0.15) is 4.91 Å². The van der Waals surface area contributed by atoms with E-state index in [0.717, 1.165) is 11.1 Å². The summed E-state index contributed by atoms with van der Waals surface area (Å²) in [4.78, 5) is 13.1. The summed E-state index contributed by atoms with van der Waals surface area (Å²) in [6, 6.07) is 8.05. The molecule has 0 bridgehead atoms. The number of hydrogen-bond acceptors (Lipinski definition) is 2. The maximum Gasteiger partial charge on any atom is 0.0852 e. The van der Waals surface area contributed by atoms with E-state index in [4.69, 9.17) is 0 Å². The lowest BCUT2D eigenvalue weighted by Gasteiger charge is -1.92. The molecular weight excluding hydrogens is 164 g/mol. The molecule has 0 unspecified atom stereocenters. The molecule has 1 heterocycles. The number of benzene rings is 1. The van der Waals surface area contributed by atoms with E-state index in [-0.39, 0.29) is 0 Å². The number of nitrogens with zero attached hydrogens (tertiary/aromatic N) is 1. The summed E-state index contributed by atoms with van der Waals surface area (Å²) in [6.45, 7) is 0.349. The Balaban J connectivity index is 2.40. The number of H-pyrrole nitrogens is 1. The van der Waals surface area contributed by atoms with E-state index in [1.165, 1.54) is 5.39 Å². The predicted molar refractivity (Wildman–Crippen MR) is 52.7 cm³/mol. The van der Waals surface area contributed by atoms with E-state index >= 15 is 0 Å². The fourth-order valence-corrected chi connectivity index (χ4v) is 1.50. The summed E-state index contributed by atoms with van der Waals surface area (Å²) < 4.78 is 0. The lowest BCUT2D eigenvalue weighted by Crippen LogP contribution is -1.85. The van der Waals surface area contributed by atoms with Gasteiger partial charge in [0, 0.05) is 17.1 Å². The van der Waals surface area contributed by atoms with Crippen LogP contribution in [-0.2, 0) is 6.42 Å². The highest BCUT2D eigenvalue weighted by atomic mass is 16.3. The minimum Gasteiger partial charge on any atom is -0.361 e. The number of rotatable bonds is 3. The molecule has 0 atom stereocenters. The van der Waals surface area contributed by atoms with Crippen molar-refractivity contribution in [2.45, 2.75) is 6.42 Å². The van der Waals surface area contributed by atoms with Gasteiger partial charge in [0.2, 0.25) is 0 Å². The van der Waals surface area contributed by atoms with E-state index in [2.05, 4.69) is 10.2 Å². The molecule has 2 aromatic rings. The Hall–Kier alpha value is -1.64. The molecule has 0 radical (unpaired) electrons. The fraction of sp³-hybridized carbons (Fsp3) is 0.200. The Bertz CT molecular complexity index is 420. The van der Waals surface area contributed by atoms with Crippen molar-refractivity contribution in [1.29, 1.82) is 0 Å². The summed E-state index contributed by atoms with van der Waals surface area (Å²) in [5.41, 5.74) is 2.28. The van der Waals surface area contributed by atoms with Crippen LogP contribution in [-0.4, -0.2) is 11.5 Å². The van der Waals surface area contributed by atoms with Crippen molar-refractivity contribution in [2.75, 3.05) is 6.54 Å². The van der Waals surface area contributed by atoms with Gasteiger partial charge in [-0.15, -0.1) is 0 Å². The first-order valence-corrected chi connectivity index (χ1v) is 4.26. The highest BCUT2D eigenvalue weighted by Gasteiger charge is 2.01. The van der Waals surface area contributed by atoms with Crippen molar-refractivity contribution < 1.29 is 0 Å². The van der Waals surface area contributed by atoms with Crippen molar-refractivity contribution in [3.05, 3.63) is 40.9 Å². The molecule has 0 aliphatic carbocycles. The smallest absolute Gasteiger partial charge is 0.0852 e. The van der Waals surface area contributed by atoms with Crippen molar-refractivity contribution in [3.63, 3.8) is 0 Å². The molecule has 13 heavy (non-hydrogen) atoms. The van der Waals surface area contributed by atoms with Crippen LogP contribution in [0.4, 0.5) is 0 Å². The third kappa shape index (κ3) is 1.45. The van der Waals surface area contributed by atoms with Gasteiger partial charge in [-0.3, -0.25) is 0 Å². The average molecular weight is 174 g/mol. The molecule has 0 amide bonds. The standard InChI is InChI=1S/C10H10N2O/c13-12-6-5-8-7-11-10-4-2-1-3-9(8)10/h1-4,7,11H,5-6H2. The Labute approximate surface area is 75.7 Å². The topological polar surface area (TPSA) is 45.2 Å². The second-order valence-corrected chi connectivity index (χ2v) is 2.96. The van der Waals surface area contributed by atoms with E-state index in [0.29, 0.717) is 13.0 Å². The molecule has 0 aliphatic rings. The zero-order valence-electron chi connectivity index (χ0n) is 7.16. The molecule has 1 N–H and O–H groups in total. The Morgan fingerprint density at radius 1 is 1.31 bits per heavy atom. The lowest BCUT2D eigenvalue weighted by atomic mass is 10.1. The van der Waals surface area contributed by atoms with Crippen molar-refractivity contribution in [1.82, 2.24) is 4.98 Å². The van der Waals surface area contributed by atoms with Gasteiger partial charge in [-0.1, -0.05) is 23.4 Å². The van der Waals surface area contributed by atoms with Gasteiger partial charge in [0.05, 0.1) is 6.54 Å². The van der Waals surface area contributed by atoms with E-state index < -0.39 is 0 Å². The zero-order valence-corrected chi connectivity index (χ0v) is 7.16. The minimum atomic E-state index is 0.349. The van der Waals surface area contributed by atoms with Crippen LogP contribution >= 0.6 is 0 Å². The van der Waals surface area contributed by atoms with Crippen LogP contribution in [0, 0.1) is 4.91 Å². The fourth-order valence-electron chi connectivity index (χ4n) is 1.50. The quantitative estimate of drug-likeness (QED) is 0.714. The normalized spacial score (nSPS) is 10.5. The largest absolute Gasteiger partial charge is 0.361 e. The first-order valence-electron chi connectivity index (χ1n) is 4.26. The number of nitrogens with one attached hydrogen (secondary N) is 1. The molecule has 0 saturated heterocycles. The lowest BCUT2D eigenvalue weighted by molar-refractivity contribution is 0.967. The second kappa shape index (κ2) is 3.39. The highest BCUT2D eigenvalue weighted by molar-refractivity contribution is 5.83. The number of fused-ring (bicyclic) bond motifs is 1. The monoisotopic (exact) mass is 174 g/mol. The summed E-state index contributed by atoms with van der Waals surface area (Å²) in [6.07, 6.45) is 2.66. The van der Waals surface area contributed by atoms with Gasteiger partial charge in [0.15, 0.2) is 0 Å². The molecular formula is C10H10N2O. The van der Waals surface area contributed by atoms with Gasteiger partial charge in [0.25, 0.3) is 0 Å². The SMILES string of the molecule is O=NCCc1c[nH]c2ccccc12. The van der Waals surface area contributed by atoms with Crippen molar-refractivity contribution in [2.24, 2.45) is 5.18 Å². The van der Waals surface area contributed by atoms with Crippen molar-refractivity contribution >= 4 is 10.9 Å². The van der Waals surface area contributed by atoms with Gasteiger partial charge in [0.1, 0.15) is 0 Å². The van der Waals surface area contributed by atoms with Gasteiger partial charge in [-0.05, 0) is 18.1 Å². The van der Waals surface area contributed by atoms with Gasteiger partial charge < -0.3 is 4.98 Å². The Morgan fingerprint density at radius 2 is 2.15 bits per heavy atom. The molecule has 0 aliphatic heterocycles. The van der Waals surface area contributed by atoms with Crippen LogP contribution in [0.1, 0.15) is 5.56 Å². The van der Waals surface area contributed by atoms with Crippen LogP contribution in [0.2, 0.25) is 0 Å². The molecule has 3 nitrogen and oxygen atoms in total. The van der Waals surface area contributed by atoms with Gasteiger partial charge >= 0.3 is 0 Å². The third-order valence-corrected chi connectivity index (χ3v) is 2.15. The zero-order chi connectivity index (χ0) is 9.10. The number of aromatic nitrogens is 1. The van der Waals surface area contributed by atoms with Gasteiger partial charge in [-0.25, -0.2) is 0 Å². The van der Waals surface area contributed by atoms with E-state index in [9.17, 15) is 4.91 Å². The second-order valence-electron chi connectivity index (χ2n) is 2.96. The number of hydrogen-bond donors (Lipinski definition) is 1. The maximum atomic E-state index is 9.98. The van der Waals surface area contributed by atoms with E-state index in [1.807, 2.05) is 30.5 Å². The van der Waals surface area contributed by atoms with Crippen LogP contribution in [0.15, 0.2) is 35.6 Å². The number of para-hydroxylation sites is 1. The molecule has 1 aromatic carbocycles. The molecule has 2 rings (SSSR count). The average Bonchev–Trinajstić information content (AvgIpc) is 2.58.